The molecule has 0 spiro atoms. The molecule has 3 N–H and O–H groups in total. The second kappa shape index (κ2) is 7.61. The quantitative estimate of drug-likeness (QED) is 0.757. The van der Waals surface area contributed by atoms with Gasteiger partial charge in [0.1, 0.15) is 0 Å². The van der Waals surface area contributed by atoms with E-state index in [1.165, 1.54) is 6.07 Å². The summed E-state index contributed by atoms with van der Waals surface area (Å²) in [7, 11) is 0. The summed E-state index contributed by atoms with van der Waals surface area (Å²) in [5, 5.41) is 11.1. The SMILES string of the molecule is N#Cc1ccc(N2CC(C(=O)NCCN)OC2C(F)(F)F)cc1C(F)(F)F. The molecule has 1 aliphatic heterocycles. The van der Waals surface area contributed by atoms with Crippen LogP contribution in [0.1, 0.15) is 11.1 Å². The largest absolute Gasteiger partial charge is 0.433 e. The Labute approximate surface area is 149 Å². The fourth-order valence-electron chi connectivity index (χ4n) is 2.54. The van der Waals surface area contributed by atoms with Crippen LogP contribution in [0.4, 0.5) is 32.0 Å². The lowest BCUT2D eigenvalue weighted by Gasteiger charge is -2.27. The molecule has 2 rings (SSSR count). The van der Waals surface area contributed by atoms with Crippen LogP contribution in [-0.4, -0.2) is 44.0 Å². The highest BCUT2D eigenvalue weighted by molar-refractivity contribution is 5.82. The number of alkyl halides is 6. The third kappa shape index (κ3) is 4.61. The van der Waals surface area contributed by atoms with Crippen LogP contribution in [0.3, 0.4) is 0 Å². The Hall–Kier alpha value is -2.52. The molecule has 6 nitrogen and oxygen atoms in total. The van der Waals surface area contributed by atoms with E-state index >= 15 is 0 Å². The average Bonchev–Trinajstić information content (AvgIpc) is 3.04. The molecule has 0 aliphatic carbocycles. The predicted octanol–water partition coefficient (Wildman–Crippen LogP) is 1.75. The van der Waals surface area contributed by atoms with Crippen LogP contribution in [0.5, 0.6) is 0 Å². The summed E-state index contributed by atoms with van der Waals surface area (Å²) in [5.41, 5.74) is 2.62. The van der Waals surface area contributed by atoms with Crippen molar-refractivity contribution in [2.75, 3.05) is 24.5 Å². The summed E-state index contributed by atoms with van der Waals surface area (Å²) < 4.78 is 83.8. The Kier molecular flexibility index (Phi) is 5.86. The highest BCUT2D eigenvalue weighted by Crippen LogP contribution is 2.39. The highest BCUT2D eigenvalue weighted by atomic mass is 19.4. The van der Waals surface area contributed by atoms with Gasteiger partial charge in [-0.25, -0.2) is 0 Å². The number of rotatable bonds is 4. The topological polar surface area (TPSA) is 91.4 Å². The first-order valence-electron chi connectivity index (χ1n) is 7.57. The number of hydrogen-bond acceptors (Lipinski definition) is 5. The maximum Gasteiger partial charge on any atom is 0.433 e. The Bertz CT molecular complexity index is 743. The molecular weight excluding hydrogens is 382 g/mol. The number of anilines is 1. The Morgan fingerprint density at radius 1 is 1.33 bits per heavy atom. The van der Waals surface area contributed by atoms with Gasteiger partial charge in [-0.15, -0.1) is 0 Å². The van der Waals surface area contributed by atoms with E-state index in [0.29, 0.717) is 11.0 Å². The fourth-order valence-corrected chi connectivity index (χ4v) is 2.54. The molecule has 12 heteroatoms. The number of nitrogens with zero attached hydrogens (tertiary/aromatic N) is 2. The second-order valence-corrected chi connectivity index (χ2v) is 5.59. The zero-order valence-electron chi connectivity index (χ0n) is 13.6. The summed E-state index contributed by atoms with van der Waals surface area (Å²) in [4.78, 5) is 12.4. The molecule has 1 fully saturated rings. The van der Waals surface area contributed by atoms with Gasteiger partial charge in [-0.05, 0) is 18.2 Å². The number of nitrogens with one attached hydrogen (secondary N) is 1. The van der Waals surface area contributed by atoms with Crippen molar-refractivity contribution in [3.63, 3.8) is 0 Å². The van der Waals surface area contributed by atoms with Crippen molar-refractivity contribution >= 4 is 11.6 Å². The number of nitriles is 1. The molecule has 0 aromatic heterocycles. The molecule has 1 saturated heterocycles. The zero-order chi connectivity index (χ0) is 20.4. The Balaban J connectivity index is 2.39. The first-order chi connectivity index (χ1) is 12.5. The maximum atomic E-state index is 13.3. The van der Waals surface area contributed by atoms with Gasteiger partial charge >= 0.3 is 12.4 Å². The minimum Gasteiger partial charge on any atom is -0.353 e. The molecule has 0 saturated carbocycles. The first kappa shape index (κ1) is 20.8. The lowest BCUT2D eigenvalue weighted by Crippen LogP contribution is -2.42. The minimum absolute atomic E-state index is 0.00443. The van der Waals surface area contributed by atoms with Crippen LogP contribution in [0, 0.1) is 11.3 Å². The lowest BCUT2D eigenvalue weighted by atomic mass is 10.1. The van der Waals surface area contributed by atoms with E-state index in [2.05, 4.69) is 5.32 Å². The van der Waals surface area contributed by atoms with Gasteiger partial charge in [0.25, 0.3) is 5.91 Å². The third-order valence-electron chi connectivity index (χ3n) is 3.72. The smallest absolute Gasteiger partial charge is 0.353 e. The van der Waals surface area contributed by atoms with Gasteiger partial charge in [-0.1, -0.05) is 0 Å². The van der Waals surface area contributed by atoms with Crippen LogP contribution in [0.25, 0.3) is 0 Å². The molecule has 1 aromatic rings. The van der Waals surface area contributed by atoms with E-state index in [4.69, 9.17) is 15.7 Å². The van der Waals surface area contributed by atoms with Crippen LogP contribution < -0.4 is 16.0 Å². The highest BCUT2D eigenvalue weighted by Gasteiger charge is 2.52. The molecule has 1 amide bonds. The fraction of sp³-hybridized carbons (Fsp3) is 0.467. The number of carbonyl (C=O) groups is 1. The molecule has 2 atom stereocenters. The summed E-state index contributed by atoms with van der Waals surface area (Å²) in [6, 6.07) is 3.49. The molecule has 27 heavy (non-hydrogen) atoms. The normalized spacial score (nSPS) is 20.4. The van der Waals surface area contributed by atoms with Gasteiger partial charge in [0.05, 0.1) is 23.7 Å². The molecule has 0 radical (unpaired) electrons. The number of ether oxygens (including phenoxy) is 1. The monoisotopic (exact) mass is 396 g/mol. The predicted molar refractivity (Wildman–Crippen MR) is 80.3 cm³/mol. The number of amides is 1. The summed E-state index contributed by atoms with van der Waals surface area (Å²) in [5.74, 6) is -0.859. The number of carbonyl (C=O) groups excluding carboxylic acids is 1. The zero-order valence-corrected chi connectivity index (χ0v) is 13.6. The van der Waals surface area contributed by atoms with Gasteiger partial charge in [0, 0.05) is 18.8 Å². The van der Waals surface area contributed by atoms with E-state index < -0.39 is 54.0 Å². The average molecular weight is 396 g/mol. The number of halogens is 6. The number of nitrogens with two attached hydrogens (primary N) is 1. The van der Waals surface area contributed by atoms with Crippen molar-refractivity contribution in [3.8, 4) is 6.07 Å². The van der Waals surface area contributed by atoms with E-state index in [1.807, 2.05) is 0 Å². The van der Waals surface area contributed by atoms with E-state index in [0.717, 1.165) is 12.1 Å². The molecule has 0 bridgehead atoms. The van der Waals surface area contributed by atoms with Crippen molar-refractivity contribution in [3.05, 3.63) is 29.3 Å². The van der Waals surface area contributed by atoms with Crippen molar-refractivity contribution < 1.29 is 35.9 Å². The van der Waals surface area contributed by atoms with Crippen molar-refractivity contribution in [1.29, 1.82) is 5.26 Å². The van der Waals surface area contributed by atoms with Gasteiger partial charge in [0.2, 0.25) is 6.23 Å². The summed E-state index contributed by atoms with van der Waals surface area (Å²) >= 11 is 0. The first-order valence-corrected chi connectivity index (χ1v) is 7.57. The van der Waals surface area contributed by atoms with Crippen molar-refractivity contribution in [2.24, 2.45) is 5.73 Å². The van der Waals surface area contributed by atoms with Crippen LogP contribution in [0.15, 0.2) is 18.2 Å². The van der Waals surface area contributed by atoms with Gasteiger partial charge in [-0.3, -0.25) is 4.79 Å². The molecule has 148 valence electrons. The van der Waals surface area contributed by atoms with E-state index in [9.17, 15) is 31.1 Å². The van der Waals surface area contributed by atoms with E-state index in [1.54, 1.807) is 0 Å². The lowest BCUT2D eigenvalue weighted by molar-refractivity contribution is -0.213. The summed E-state index contributed by atoms with van der Waals surface area (Å²) in [6.45, 7) is -0.566. The van der Waals surface area contributed by atoms with Crippen LogP contribution in [-0.2, 0) is 15.7 Å². The standard InChI is InChI=1S/C15H14F6N4O2/c16-14(17,18)10-5-9(2-1-8(10)6-23)25-7-11(12(26)24-4-3-22)27-13(25)15(19,20)21/h1-2,5,11,13H,3-4,7,22H2,(H,24,26). The molecule has 1 aliphatic rings. The second-order valence-electron chi connectivity index (χ2n) is 5.59. The van der Waals surface area contributed by atoms with Gasteiger partial charge in [-0.2, -0.15) is 31.6 Å². The van der Waals surface area contributed by atoms with Crippen molar-refractivity contribution in [1.82, 2.24) is 5.32 Å². The Morgan fingerprint density at radius 3 is 2.52 bits per heavy atom. The van der Waals surface area contributed by atoms with E-state index in [-0.39, 0.29) is 13.1 Å². The number of hydrogen-bond donors (Lipinski definition) is 2. The molecule has 1 aromatic carbocycles. The third-order valence-corrected chi connectivity index (χ3v) is 3.72. The molecular formula is C15H14F6N4O2. The number of benzene rings is 1. The van der Waals surface area contributed by atoms with Gasteiger partial charge in [0.15, 0.2) is 6.10 Å². The summed E-state index contributed by atoms with van der Waals surface area (Å²) in [6.07, 6.45) is -14.1. The maximum absolute atomic E-state index is 13.3. The molecule has 1 heterocycles. The minimum atomic E-state index is -4.96. The van der Waals surface area contributed by atoms with Gasteiger partial charge < -0.3 is 20.7 Å². The Morgan fingerprint density at radius 2 is 2.00 bits per heavy atom. The molecule has 2 unspecified atom stereocenters. The van der Waals surface area contributed by atoms with Crippen LogP contribution in [0.2, 0.25) is 0 Å². The van der Waals surface area contributed by atoms with Crippen LogP contribution >= 0.6 is 0 Å². The van der Waals surface area contributed by atoms with Crippen molar-refractivity contribution in [2.45, 2.75) is 24.7 Å².